The van der Waals surface area contributed by atoms with E-state index in [0.717, 1.165) is 7.11 Å². The first kappa shape index (κ1) is 24.9. The van der Waals surface area contributed by atoms with Crippen molar-refractivity contribution >= 4 is 38.3 Å². The summed E-state index contributed by atoms with van der Waals surface area (Å²) in [5.41, 5.74) is -6.72. The Kier molecular flexibility index (Phi) is 7.35. The van der Waals surface area contributed by atoms with Crippen molar-refractivity contribution in [3.63, 3.8) is 0 Å². The van der Waals surface area contributed by atoms with Gasteiger partial charge in [0.15, 0.2) is 0 Å². The molecule has 1 atom stereocenters. The lowest BCUT2D eigenvalue weighted by Crippen LogP contribution is -2.23. The molecule has 172 valence electrons. The Bertz CT molecular complexity index is 1190. The number of esters is 2. The summed E-state index contributed by atoms with van der Waals surface area (Å²) in [6.07, 6.45) is 0. The Hall–Kier alpha value is -3.33. The first-order valence-corrected chi connectivity index (χ1v) is 11.0. The van der Waals surface area contributed by atoms with E-state index >= 15 is 0 Å². The molecule has 2 rings (SSSR count). The van der Waals surface area contributed by atoms with E-state index < -0.39 is 64.2 Å². The van der Waals surface area contributed by atoms with E-state index in [1.807, 2.05) is 0 Å². The number of sulfone groups is 1. The van der Waals surface area contributed by atoms with Gasteiger partial charge >= 0.3 is 17.4 Å². The second-order valence-corrected chi connectivity index (χ2v) is 9.18. The van der Waals surface area contributed by atoms with E-state index in [2.05, 4.69) is 4.74 Å². The van der Waals surface area contributed by atoms with E-state index in [1.54, 1.807) is 0 Å². The number of ether oxygens (including phenoxy) is 2. The van der Waals surface area contributed by atoms with Gasteiger partial charge < -0.3 is 9.47 Å². The van der Waals surface area contributed by atoms with Gasteiger partial charge in [0.25, 0.3) is 15.5 Å². The van der Waals surface area contributed by atoms with Gasteiger partial charge in [-0.2, -0.15) is 13.2 Å². The fraction of sp³-hybridized carbons (Fsp3) is 0.176. The molecule has 0 fully saturated rings. The minimum atomic E-state index is -5.88. The van der Waals surface area contributed by atoms with Crippen molar-refractivity contribution in [3.8, 4) is 5.75 Å². The Labute approximate surface area is 180 Å². The number of rotatable bonds is 7. The maximum absolute atomic E-state index is 12.7. The van der Waals surface area contributed by atoms with Gasteiger partial charge in [-0.25, -0.2) is 13.2 Å². The van der Waals surface area contributed by atoms with Crippen molar-refractivity contribution in [1.82, 2.24) is 0 Å². The van der Waals surface area contributed by atoms with E-state index in [-0.39, 0.29) is 17.4 Å². The first-order valence-electron chi connectivity index (χ1n) is 8.15. The van der Waals surface area contributed by atoms with Crippen LogP contribution >= 0.6 is 0 Å². The molecule has 0 spiro atoms. The fourth-order valence-electron chi connectivity index (χ4n) is 2.26. The van der Waals surface area contributed by atoms with Crippen LogP contribution in [0.1, 0.15) is 10.4 Å². The molecular formula is C17H12F3NO9S2. The number of benzene rings is 2. The number of nitro benzene ring substituents is 1. The Balaban J connectivity index is 2.23. The molecule has 0 N–H and O–H groups in total. The van der Waals surface area contributed by atoms with Crippen LogP contribution in [0.15, 0.2) is 52.3 Å². The Morgan fingerprint density at radius 1 is 1.12 bits per heavy atom. The number of halogens is 3. The van der Waals surface area contributed by atoms with Gasteiger partial charge in [-0.3, -0.25) is 19.1 Å². The Morgan fingerprint density at radius 2 is 1.72 bits per heavy atom. The monoisotopic (exact) mass is 495 g/mol. The van der Waals surface area contributed by atoms with Crippen LogP contribution in [-0.4, -0.2) is 47.9 Å². The molecule has 32 heavy (non-hydrogen) atoms. The maximum Gasteiger partial charge on any atom is 0.501 e. The highest BCUT2D eigenvalue weighted by molar-refractivity contribution is 7.92. The van der Waals surface area contributed by atoms with E-state index in [9.17, 15) is 45.5 Å². The third-order valence-corrected chi connectivity index (χ3v) is 6.56. The second-order valence-electron chi connectivity index (χ2n) is 5.82. The third kappa shape index (κ3) is 5.47. The van der Waals surface area contributed by atoms with Crippen LogP contribution in [0.5, 0.6) is 5.75 Å². The number of alkyl halides is 3. The number of nitro groups is 1. The van der Waals surface area contributed by atoms with Crippen molar-refractivity contribution in [2.75, 3.05) is 12.9 Å². The minimum Gasteiger partial charge on any atom is -0.465 e. The number of hydrogen-bond donors (Lipinski definition) is 0. The number of carbonyl (C=O) groups excluding carboxylic acids is 2. The smallest absolute Gasteiger partial charge is 0.465 e. The highest BCUT2D eigenvalue weighted by Crippen LogP contribution is 2.34. The van der Waals surface area contributed by atoms with Gasteiger partial charge in [0.1, 0.15) is 16.4 Å². The van der Waals surface area contributed by atoms with Gasteiger partial charge in [-0.05, 0) is 36.4 Å². The first-order chi connectivity index (χ1) is 14.8. The standard InChI is InChI=1S/C17H12F3NO9S2/c1-29-16(23)10-2-4-11(5-3-10)30-15(22)9-31(26)14-7-6-12(8-13(14)21(24)25)32(27,28)17(18,19)20/h2-8H,9H2,1H3. The van der Waals surface area contributed by atoms with Crippen LogP contribution in [-0.2, 0) is 30.2 Å². The van der Waals surface area contributed by atoms with Gasteiger partial charge in [0.2, 0.25) is 0 Å². The molecule has 15 heteroatoms. The molecule has 0 aromatic heterocycles. The van der Waals surface area contributed by atoms with Crippen LogP contribution in [0, 0.1) is 10.1 Å². The predicted molar refractivity (Wildman–Crippen MR) is 101 cm³/mol. The molecular weight excluding hydrogens is 483 g/mol. The van der Waals surface area contributed by atoms with Crippen LogP contribution < -0.4 is 4.74 Å². The quantitative estimate of drug-likeness (QED) is 0.244. The number of carbonyl (C=O) groups is 2. The molecule has 0 aliphatic carbocycles. The molecule has 10 nitrogen and oxygen atoms in total. The summed E-state index contributed by atoms with van der Waals surface area (Å²) >= 11 is 0. The van der Waals surface area contributed by atoms with Gasteiger partial charge in [-0.1, -0.05) is 0 Å². The third-order valence-electron chi connectivity index (χ3n) is 3.74. The van der Waals surface area contributed by atoms with Crippen molar-refractivity contribution in [2.45, 2.75) is 15.3 Å². The molecule has 0 saturated carbocycles. The van der Waals surface area contributed by atoms with Crippen LogP contribution in [0.2, 0.25) is 0 Å². The zero-order valence-electron chi connectivity index (χ0n) is 15.8. The predicted octanol–water partition coefficient (Wildman–Crippen LogP) is 2.39. The lowest BCUT2D eigenvalue weighted by molar-refractivity contribution is -0.388. The van der Waals surface area contributed by atoms with Crippen molar-refractivity contribution in [1.29, 1.82) is 0 Å². The normalized spacial score (nSPS) is 12.6. The molecule has 2 aromatic rings. The van der Waals surface area contributed by atoms with E-state index in [4.69, 9.17) is 4.74 Å². The highest BCUT2D eigenvalue weighted by atomic mass is 32.2. The molecule has 0 aliphatic rings. The molecule has 0 heterocycles. The summed E-state index contributed by atoms with van der Waals surface area (Å²) in [6, 6.07) is 6.09. The molecule has 0 aliphatic heterocycles. The minimum absolute atomic E-state index is 0.0548. The summed E-state index contributed by atoms with van der Waals surface area (Å²) in [6.45, 7) is 0. The zero-order chi connectivity index (χ0) is 24.3. The van der Waals surface area contributed by atoms with Crippen LogP contribution in [0.4, 0.5) is 18.9 Å². The van der Waals surface area contributed by atoms with Crippen molar-refractivity contribution in [3.05, 3.63) is 58.1 Å². The van der Waals surface area contributed by atoms with Gasteiger partial charge in [-0.15, -0.1) is 0 Å². The lowest BCUT2D eigenvalue weighted by Gasteiger charge is -2.09. The average molecular weight is 495 g/mol. The maximum atomic E-state index is 12.7. The van der Waals surface area contributed by atoms with Crippen molar-refractivity contribution < 1.29 is 49.8 Å². The molecule has 2 aromatic carbocycles. The number of methoxy groups -OCH3 is 1. The summed E-state index contributed by atoms with van der Waals surface area (Å²) < 4.78 is 82.7. The molecule has 0 saturated heterocycles. The SMILES string of the molecule is COC(=O)c1ccc(OC(=O)CS(=O)c2ccc(S(=O)(=O)C(F)(F)F)cc2[N+](=O)[O-])cc1. The van der Waals surface area contributed by atoms with Crippen LogP contribution in [0.25, 0.3) is 0 Å². The molecule has 1 unspecified atom stereocenters. The van der Waals surface area contributed by atoms with Crippen molar-refractivity contribution in [2.24, 2.45) is 0 Å². The molecule has 0 amide bonds. The molecule has 0 bridgehead atoms. The zero-order valence-corrected chi connectivity index (χ0v) is 17.5. The highest BCUT2D eigenvalue weighted by Gasteiger charge is 2.47. The van der Waals surface area contributed by atoms with Gasteiger partial charge in [0.05, 0.1) is 33.3 Å². The summed E-state index contributed by atoms with van der Waals surface area (Å²) in [7, 11) is -7.17. The topological polar surface area (TPSA) is 147 Å². The second kappa shape index (κ2) is 9.44. The molecule has 0 radical (unpaired) electrons. The van der Waals surface area contributed by atoms with E-state index in [0.29, 0.717) is 12.1 Å². The number of nitrogens with zero attached hydrogens (tertiary/aromatic N) is 1. The largest absolute Gasteiger partial charge is 0.501 e. The van der Waals surface area contributed by atoms with Crippen LogP contribution in [0.3, 0.4) is 0 Å². The summed E-state index contributed by atoms with van der Waals surface area (Å²) in [5, 5.41) is 11.2. The number of hydrogen-bond acceptors (Lipinski definition) is 9. The van der Waals surface area contributed by atoms with Gasteiger partial charge in [0, 0.05) is 6.07 Å². The Morgan fingerprint density at radius 3 is 2.22 bits per heavy atom. The lowest BCUT2D eigenvalue weighted by atomic mass is 10.2. The summed E-state index contributed by atoms with van der Waals surface area (Å²) in [5.74, 6) is -2.74. The van der Waals surface area contributed by atoms with E-state index in [1.165, 1.54) is 24.3 Å². The fourth-order valence-corrected chi connectivity index (χ4v) is 4.05. The summed E-state index contributed by atoms with van der Waals surface area (Å²) in [4.78, 5) is 31.2. The average Bonchev–Trinajstić information content (AvgIpc) is 2.72.